The van der Waals surface area contributed by atoms with E-state index in [2.05, 4.69) is 5.10 Å². The topological polar surface area (TPSA) is 49.7 Å². The average Bonchev–Trinajstić information content (AvgIpc) is 2.58. The summed E-state index contributed by atoms with van der Waals surface area (Å²) >= 11 is 0. The summed E-state index contributed by atoms with van der Waals surface area (Å²) in [7, 11) is 0. The Hall–Kier alpha value is -1.97. The zero-order valence-electron chi connectivity index (χ0n) is 9.88. The first-order valence-electron chi connectivity index (χ1n) is 5.53. The molecule has 0 saturated carbocycles. The highest BCUT2D eigenvalue weighted by atomic mass is 16.2. The first-order chi connectivity index (χ1) is 8.09. The third-order valence-corrected chi connectivity index (χ3v) is 2.76. The van der Waals surface area contributed by atoms with Crippen LogP contribution in [0.25, 0.3) is 0 Å². The van der Waals surface area contributed by atoms with Crippen LogP contribution in [0.15, 0.2) is 35.4 Å². The van der Waals surface area contributed by atoms with Crippen LogP contribution >= 0.6 is 0 Å². The van der Waals surface area contributed by atoms with Crippen LogP contribution < -0.4 is 5.01 Å². The summed E-state index contributed by atoms with van der Waals surface area (Å²) in [5.74, 6) is -0.510. The zero-order valence-corrected chi connectivity index (χ0v) is 9.88. The van der Waals surface area contributed by atoms with E-state index in [1.54, 1.807) is 6.92 Å². The molecule has 0 N–H and O–H groups in total. The Morgan fingerprint density at radius 3 is 2.59 bits per heavy atom. The lowest BCUT2D eigenvalue weighted by Gasteiger charge is -2.13. The summed E-state index contributed by atoms with van der Waals surface area (Å²) in [5.41, 5.74) is 1.44. The van der Waals surface area contributed by atoms with E-state index in [0.717, 1.165) is 5.69 Å². The average molecular weight is 230 g/mol. The Kier molecular flexibility index (Phi) is 3.04. The van der Waals surface area contributed by atoms with Crippen molar-refractivity contribution in [1.29, 1.82) is 0 Å². The van der Waals surface area contributed by atoms with Crippen molar-refractivity contribution < 1.29 is 9.59 Å². The van der Waals surface area contributed by atoms with Crippen molar-refractivity contribution in [2.45, 2.75) is 20.3 Å². The molecule has 1 amide bonds. The van der Waals surface area contributed by atoms with Crippen molar-refractivity contribution in [3.05, 3.63) is 30.3 Å². The Labute approximate surface area is 99.9 Å². The molecular weight excluding hydrogens is 216 g/mol. The maximum Gasteiger partial charge on any atom is 0.256 e. The lowest BCUT2D eigenvalue weighted by molar-refractivity contribution is -0.124. The molecule has 0 radical (unpaired) electrons. The molecule has 1 unspecified atom stereocenters. The van der Waals surface area contributed by atoms with Crippen LogP contribution in [-0.4, -0.2) is 17.4 Å². The first-order valence-corrected chi connectivity index (χ1v) is 5.53. The standard InChI is InChI=1S/C13H14N2O2/c1-9(16)8-12-10(2)14-15(13(12)17)11-6-4-3-5-7-11/h3-7,12H,8H2,1-2H3. The number of benzene rings is 1. The van der Waals surface area contributed by atoms with Crippen molar-refractivity contribution in [1.82, 2.24) is 0 Å². The summed E-state index contributed by atoms with van der Waals surface area (Å²) in [6, 6.07) is 9.24. The highest BCUT2D eigenvalue weighted by Gasteiger charge is 2.34. The highest BCUT2D eigenvalue weighted by molar-refractivity contribution is 6.16. The molecule has 0 fully saturated rings. The molecule has 0 saturated heterocycles. The van der Waals surface area contributed by atoms with Gasteiger partial charge < -0.3 is 0 Å². The number of rotatable bonds is 3. The van der Waals surface area contributed by atoms with Gasteiger partial charge in [0.05, 0.1) is 11.6 Å². The Morgan fingerprint density at radius 1 is 1.35 bits per heavy atom. The highest BCUT2D eigenvalue weighted by Crippen LogP contribution is 2.25. The van der Waals surface area contributed by atoms with Crippen LogP contribution in [0.2, 0.25) is 0 Å². The molecule has 88 valence electrons. The predicted octanol–water partition coefficient (Wildman–Crippen LogP) is 2.00. The molecular formula is C13H14N2O2. The fourth-order valence-corrected chi connectivity index (χ4v) is 1.88. The third-order valence-electron chi connectivity index (χ3n) is 2.76. The Balaban J connectivity index is 2.24. The minimum absolute atomic E-state index is 0.00723. The van der Waals surface area contributed by atoms with Gasteiger partial charge in [0.2, 0.25) is 0 Å². The molecule has 1 aromatic carbocycles. The number of anilines is 1. The van der Waals surface area contributed by atoms with Crippen molar-refractivity contribution >= 4 is 23.1 Å². The number of hydrogen-bond acceptors (Lipinski definition) is 3. The summed E-state index contributed by atoms with van der Waals surface area (Å²) in [4.78, 5) is 23.2. The second kappa shape index (κ2) is 4.49. The van der Waals surface area contributed by atoms with Gasteiger partial charge in [-0.15, -0.1) is 0 Å². The van der Waals surface area contributed by atoms with E-state index >= 15 is 0 Å². The fourth-order valence-electron chi connectivity index (χ4n) is 1.88. The molecule has 0 aromatic heterocycles. The monoisotopic (exact) mass is 230 g/mol. The van der Waals surface area contributed by atoms with Crippen LogP contribution in [0.3, 0.4) is 0 Å². The number of carbonyl (C=O) groups excluding carboxylic acids is 2. The van der Waals surface area contributed by atoms with Gasteiger partial charge in [-0.25, -0.2) is 5.01 Å². The summed E-state index contributed by atoms with van der Waals surface area (Å²) in [5, 5.41) is 5.60. The van der Waals surface area contributed by atoms with Gasteiger partial charge in [0, 0.05) is 12.1 Å². The molecule has 0 aliphatic carbocycles. The fraction of sp³-hybridized carbons (Fsp3) is 0.308. The van der Waals surface area contributed by atoms with Crippen LogP contribution in [0.1, 0.15) is 20.3 Å². The van der Waals surface area contributed by atoms with Crippen LogP contribution in [0.4, 0.5) is 5.69 Å². The van der Waals surface area contributed by atoms with Crippen molar-refractivity contribution in [3.8, 4) is 0 Å². The van der Waals surface area contributed by atoms with Crippen LogP contribution in [0.5, 0.6) is 0 Å². The molecule has 4 heteroatoms. The van der Waals surface area contributed by atoms with Gasteiger partial charge in [-0.05, 0) is 26.0 Å². The van der Waals surface area contributed by atoms with Gasteiger partial charge in [0.15, 0.2) is 0 Å². The summed E-state index contributed by atoms with van der Waals surface area (Å²) in [6.45, 7) is 3.28. The van der Waals surface area contributed by atoms with Gasteiger partial charge in [0.1, 0.15) is 5.78 Å². The summed E-state index contributed by atoms with van der Waals surface area (Å²) in [6.07, 6.45) is 0.234. The number of hydrogen-bond donors (Lipinski definition) is 0. The lowest BCUT2D eigenvalue weighted by atomic mass is 9.98. The van der Waals surface area contributed by atoms with E-state index in [1.807, 2.05) is 30.3 Å². The number of para-hydroxylation sites is 1. The van der Waals surface area contributed by atoms with Crippen molar-refractivity contribution in [3.63, 3.8) is 0 Å². The molecule has 1 aliphatic heterocycles. The zero-order chi connectivity index (χ0) is 12.4. The number of nitrogens with zero attached hydrogens (tertiary/aromatic N) is 2. The lowest BCUT2D eigenvalue weighted by Crippen LogP contribution is -2.28. The number of carbonyl (C=O) groups is 2. The third kappa shape index (κ3) is 2.25. The van der Waals surface area contributed by atoms with E-state index < -0.39 is 5.92 Å². The maximum atomic E-state index is 12.1. The Bertz CT molecular complexity index is 479. The van der Waals surface area contributed by atoms with Gasteiger partial charge in [-0.2, -0.15) is 5.10 Å². The molecule has 1 heterocycles. The molecule has 17 heavy (non-hydrogen) atoms. The van der Waals surface area contributed by atoms with Gasteiger partial charge >= 0.3 is 0 Å². The molecule has 0 spiro atoms. The van der Waals surface area contributed by atoms with Gasteiger partial charge in [-0.3, -0.25) is 9.59 Å². The maximum absolute atomic E-state index is 12.1. The quantitative estimate of drug-likeness (QED) is 0.797. The molecule has 0 bridgehead atoms. The van der Waals surface area contributed by atoms with E-state index in [1.165, 1.54) is 11.9 Å². The Morgan fingerprint density at radius 2 is 2.00 bits per heavy atom. The predicted molar refractivity (Wildman–Crippen MR) is 65.8 cm³/mol. The minimum atomic E-state index is -0.396. The van der Waals surface area contributed by atoms with E-state index in [-0.39, 0.29) is 18.1 Å². The van der Waals surface area contributed by atoms with Crippen LogP contribution in [0, 0.1) is 5.92 Å². The SMILES string of the molecule is CC(=O)CC1C(=O)N(c2ccccc2)N=C1C. The smallest absolute Gasteiger partial charge is 0.256 e. The van der Waals surface area contributed by atoms with Gasteiger partial charge in [0.25, 0.3) is 5.91 Å². The number of ketones is 1. The molecule has 1 atom stereocenters. The van der Waals surface area contributed by atoms with Crippen LogP contribution in [-0.2, 0) is 9.59 Å². The second-order valence-electron chi connectivity index (χ2n) is 4.19. The minimum Gasteiger partial charge on any atom is -0.300 e. The van der Waals surface area contributed by atoms with E-state index in [0.29, 0.717) is 5.71 Å². The second-order valence-corrected chi connectivity index (χ2v) is 4.19. The molecule has 2 rings (SSSR count). The molecule has 4 nitrogen and oxygen atoms in total. The normalized spacial score (nSPS) is 19.4. The summed E-state index contributed by atoms with van der Waals surface area (Å²) < 4.78 is 0. The molecule has 1 aromatic rings. The first kappa shape index (κ1) is 11.5. The largest absolute Gasteiger partial charge is 0.300 e. The number of amides is 1. The van der Waals surface area contributed by atoms with Crippen molar-refractivity contribution in [2.24, 2.45) is 11.0 Å². The van der Waals surface area contributed by atoms with Crippen molar-refractivity contribution in [2.75, 3.05) is 5.01 Å². The number of hydrazone groups is 1. The number of Topliss-reactive ketones (excluding diaryl/α,β-unsaturated/α-hetero) is 1. The molecule has 1 aliphatic rings. The van der Waals surface area contributed by atoms with E-state index in [9.17, 15) is 9.59 Å². The van der Waals surface area contributed by atoms with Gasteiger partial charge in [-0.1, -0.05) is 18.2 Å². The van der Waals surface area contributed by atoms with E-state index in [4.69, 9.17) is 0 Å².